The van der Waals surface area contributed by atoms with Gasteiger partial charge in [0.1, 0.15) is 0 Å². The Morgan fingerprint density at radius 1 is 1.17 bits per heavy atom. The van der Waals surface area contributed by atoms with Crippen molar-refractivity contribution >= 4 is 29.6 Å². The van der Waals surface area contributed by atoms with Crippen LogP contribution in [0.25, 0.3) is 0 Å². The van der Waals surface area contributed by atoms with E-state index in [9.17, 15) is 24.0 Å². The van der Waals surface area contributed by atoms with E-state index in [-0.39, 0.29) is 25.8 Å². The fraction of sp³-hybridized carbons (Fsp3) is 0.562. The normalized spacial score (nSPS) is 18.0. The molecular formula is C16H20N2O6. The van der Waals surface area contributed by atoms with Crippen LogP contribution in [-0.2, 0) is 28.8 Å². The summed E-state index contributed by atoms with van der Waals surface area (Å²) in [6.45, 7) is 3.90. The van der Waals surface area contributed by atoms with E-state index in [2.05, 4.69) is 0 Å². The van der Waals surface area contributed by atoms with Crippen LogP contribution in [0.5, 0.6) is 0 Å². The number of amides is 4. The molecule has 2 heterocycles. The highest BCUT2D eigenvalue weighted by molar-refractivity contribution is 6.16. The Hall–Kier alpha value is -2.51. The number of carbonyl (C=O) groups excluding carboxylic acids is 5. The minimum Gasteiger partial charge on any atom is -0.330 e. The van der Waals surface area contributed by atoms with E-state index < -0.39 is 29.6 Å². The number of hydrogen-bond donors (Lipinski definition) is 0. The average molecular weight is 336 g/mol. The third kappa shape index (κ3) is 4.06. The Morgan fingerprint density at radius 3 is 2.38 bits per heavy atom. The Morgan fingerprint density at radius 2 is 1.79 bits per heavy atom. The quantitative estimate of drug-likeness (QED) is 0.635. The number of hydroxylamine groups is 2. The van der Waals surface area contributed by atoms with Gasteiger partial charge in [-0.1, -0.05) is 13.8 Å². The van der Waals surface area contributed by atoms with Gasteiger partial charge in [-0.15, -0.1) is 5.06 Å². The van der Waals surface area contributed by atoms with E-state index in [0.717, 1.165) is 11.3 Å². The zero-order chi connectivity index (χ0) is 17.9. The summed E-state index contributed by atoms with van der Waals surface area (Å²) in [4.78, 5) is 64.1. The van der Waals surface area contributed by atoms with Crippen LogP contribution >= 0.6 is 0 Å². The van der Waals surface area contributed by atoms with Crippen molar-refractivity contribution in [3.63, 3.8) is 0 Å². The predicted molar refractivity (Wildman–Crippen MR) is 80.7 cm³/mol. The van der Waals surface area contributed by atoms with Crippen molar-refractivity contribution in [1.82, 2.24) is 9.96 Å². The Bertz CT molecular complexity index is 606. The van der Waals surface area contributed by atoms with Gasteiger partial charge in [-0.3, -0.25) is 24.1 Å². The first-order chi connectivity index (χ1) is 11.3. The summed E-state index contributed by atoms with van der Waals surface area (Å²) < 4.78 is 0. The summed E-state index contributed by atoms with van der Waals surface area (Å²) in [6.07, 6.45) is 2.35. The van der Waals surface area contributed by atoms with Crippen LogP contribution in [0.15, 0.2) is 11.6 Å². The summed E-state index contributed by atoms with van der Waals surface area (Å²) in [6, 6.07) is 0. The first-order valence-electron chi connectivity index (χ1n) is 7.92. The summed E-state index contributed by atoms with van der Waals surface area (Å²) in [5.74, 6) is -2.43. The van der Waals surface area contributed by atoms with Crippen molar-refractivity contribution in [2.24, 2.45) is 5.92 Å². The van der Waals surface area contributed by atoms with Crippen molar-refractivity contribution in [3.8, 4) is 0 Å². The largest absolute Gasteiger partial charge is 0.335 e. The van der Waals surface area contributed by atoms with Crippen LogP contribution < -0.4 is 0 Å². The van der Waals surface area contributed by atoms with Gasteiger partial charge in [0.15, 0.2) is 0 Å². The lowest BCUT2D eigenvalue weighted by molar-refractivity contribution is -0.197. The van der Waals surface area contributed by atoms with Gasteiger partial charge in [-0.05, 0) is 18.8 Å². The minimum absolute atomic E-state index is 0.0122. The van der Waals surface area contributed by atoms with Gasteiger partial charge in [-0.2, -0.15) is 0 Å². The van der Waals surface area contributed by atoms with Crippen LogP contribution in [-0.4, -0.2) is 46.1 Å². The van der Waals surface area contributed by atoms with Gasteiger partial charge in [0, 0.05) is 31.0 Å². The lowest BCUT2D eigenvalue weighted by Gasteiger charge is -2.16. The van der Waals surface area contributed by atoms with Gasteiger partial charge >= 0.3 is 5.97 Å². The summed E-state index contributed by atoms with van der Waals surface area (Å²) in [5.41, 5.74) is 0.437. The van der Waals surface area contributed by atoms with E-state index in [1.54, 1.807) is 0 Å². The van der Waals surface area contributed by atoms with Crippen molar-refractivity contribution in [2.75, 3.05) is 6.54 Å². The van der Waals surface area contributed by atoms with Gasteiger partial charge < -0.3 is 4.84 Å². The number of imide groups is 2. The predicted octanol–water partition coefficient (Wildman–Crippen LogP) is 0.715. The molecule has 2 rings (SSSR count). The molecule has 0 aromatic rings. The fourth-order valence-corrected chi connectivity index (χ4v) is 2.41. The van der Waals surface area contributed by atoms with Crippen LogP contribution in [0.3, 0.4) is 0 Å². The fourth-order valence-electron chi connectivity index (χ4n) is 2.41. The lowest BCUT2D eigenvalue weighted by atomic mass is 10.0. The first kappa shape index (κ1) is 17.8. The van der Waals surface area contributed by atoms with Gasteiger partial charge in [-0.25, -0.2) is 4.79 Å². The third-order valence-electron chi connectivity index (χ3n) is 3.81. The molecule has 2 aliphatic rings. The second-order valence-corrected chi connectivity index (χ2v) is 6.19. The topological polar surface area (TPSA) is 101 Å². The monoisotopic (exact) mass is 336 g/mol. The molecule has 0 aromatic heterocycles. The molecule has 8 nitrogen and oxygen atoms in total. The molecule has 1 saturated heterocycles. The second-order valence-electron chi connectivity index (χ2n) is 6.19. The maximum absolute atomic E-state index is 12.2. The standard InChI is InChI=1S/C16H20N2O6/c1-10(2)3-4-11-9-14(21)17(16(11)23)8-7-15(22)24-18-12(19)5-6-13(18)20/h9-10H,3-8H2,1-2H3. The number of carbonyl (C=O) groups is 5. The molecule has 0 atom stereocenters. The summed E-state index contributed by atoms with van der Waals surface area (Å²) in [7, 11) is 0. The van der Waals surface area contributed by atoms with Crippen LogP contribution in [0.2, 0.25) is 0 Å². The van der Waals surface area contributed by atoms with E-state index in [1.807, 2.05) is 13.8 Å². The molecule has 8 heteroatoms. The van der Waals surface area contributed by atoms with Crippen LogP contribution in [0, 0.1) is 5.92 Å². The molecule has 0 unspecified atom stereocenters. The van der Waals surface area contributed by atoms with E-state index in [4.69, 9.17) is 4.84 Å². The van der Waals surface area contributed by atoms with Crippen LogP contribution in [0.1, 0.15) is 46.0 Å². The lowest BCUT2D eigenvalue weighted by Crippen LogP contribution is -2.36. The highest BCUT2D eigenvalue weighted by atomic mass is 16.7. The van der Waals surface area contributed by atoms with Crippen molar-refractivity contribution in [2.45, 2.75) is 46.0 Å². The minimum atomic E-state index is -0.838. The zero-order valence-corrected chi connectivity index (χ0v) is 13.7. The molecule has 0 N–H and O–H groups in total. The smallest absolute Gasteiger partial charge is 0.330 e. The average Bonchev–Trinajstić information content (AvgIpc) is 2.96. The molecule has 0 radical (unpaired) electrons. The van der Waals surface area contributed by atoms with E-state index in [1.165, 1.54) is 6.08 Å². The SMILES string of the molecule is CC(C)CCC1=CC(=O)N(CCC(=O)ON2C(=O)CCC2=O)C1=O. The highest BCUT2D eigenvalue weighted by Crippen LogP contribution is 2.20. The van der Waals surface area contributed by atoms with Gasteiger partial charge in [0.05, 0.1) is 6.42 Å². The van der Waals surface area contributed by atoms with E-state index in [0.29, 0.717) is 23.0 Å². The Kier molecular flexibility index (Phi) is 5.48. The molecule has 0 aromatic carbocycles. The Balaban J connectivity index is 1.83. The second kappa shape index (κ2) is 7.37. The molecule has 1 fully saturated rings. The maximum atomic E-state index is 12.2. The molecule has 0 saturated carbocycles. The van der Waals surface area contributed by atoms with Gasteiger partial charge in [0.25, 0.3) is 23.6 Å². The number of nitrogens with zero attached hydrogens (tertiary/aromatic N) is 2. The molecule has 4 amide bonds. The first-order valence-corrected chi connectivity index (χ1v) is 7.92. The third-order valence-corrected chi connectivity index (χ3v) is 3.81. The highest BCUT2D eigenvalue weighted by Gasteiger charge is 2.34. The maximum Gasteiger partial charge on any atom is 0.335 e. The van der Waals surface area contributed by atoms with Crippen LogP contribution in [0.4, 0.5) is 0 Å². The summed E-state index contributed by atoms with van der Waals surface area (Å²) in [5, 5.41) is 0.447. The molecule has 2 aliphatic heterocycles. The summed E-state index contributed by atoms with van der Waals surface area (Å²) >= 11 is 0. The number of hydrogen-bond acceptors (Lipinski definition) is 6. The molecule has 0 aliphatic carbocycles. The van der Waals surface area contributed by atoms with E-state index >= 15 is 0 Å². The Labute approximate surface area is 139 Å². The van der Waals surface area contributed by atoms with Crippen molar-refractivity contribution in [3.05, 3.63) is 11.6 Å². The van der Waals surface area contributed by atoms with Crippen molar-refractivity contribution in [1.29, 1.82) is 0 Å². The zero-order valence-electron chi connectivity index (χ0n) is 13.7. The molecule has 130 valence electrons. The number of rotatable bonds is 7. The molecule has 0 bridgehead atoms. The molecule has 24 heavy (non-hydrogen) atoms. The molecular weight excluding hydrogens is 316 g/mol. The van der Waals surface area contributed by atoms with Gasteiger partial charge in [0.2, 0.25) is 0 Å². The molecule has 0 spiro atoms. The van der Waals surface area contributed by atoms with Crippen molar-refractivity contribution < 1.29 is 28.8 Å².